The lowest BCUT2D eigenvalue weighted by Crippen LogP contribution is -2.29. The summed E-state index contributed by atoms with van der Waals surface area (Å²) < 4.78 is 4.25. The Kier molecular flexibility index (Phi) is 13.1. The van der Waals surface area contributed by atoms with Gasteiger partial charge in [-0.3, -0.25) is 4.98 Å². The molecule has 3 heteroatoms. The number of methoxy groups -OCH3 is 1. The molecule has 0 unspecified atom stereocenters. The molecular weight excluding hydrogens is 248 g/mol. The summed E-state index contributed by atoms with van der Waals surface area (Å²) in [5, 5.41) is 3.11. The van der Waals surface area contributed by atoms with E-state index in [2.05, 4.69) is 33.8 Å². The van der Waals surface area contributed by atoms with Crippen molar-refractivity contribution < 1.29 is 4.74 Å². The van der Waals surface area contributed by atoms with Gasteiger partial charge in [-0.05, 0) is 45.0 Å². The zero-order chi connectivity index (χ0) is 15.1. The zero-order valence-corrected chi connectivity index (χ0v) is 13.3. The molecule has 1 aliphatic heterocycles. The molecule has 0 radical (unpaired) electrons. The molecule has 3 nitrogen and oxygen atoms in total. The van der Waals surface area contributed by atoms with Gasteiger partial charge in [0.05, 0.1) is 0 Å². The molecule has 0 spiro atoms. The smallest absolute Gasteiger partial charge is 0.0428 e. The van der Waals surface area contributed by atoms with Gasteiger partial charge in [-0.2, -0.15) is 0 Å². The normalized spacial score (nSPS) is 11.6. The number of nitrogens with zero attached hydrogens (tertiary/aromatic N) is 1. The highest BCUT2D eigenvalue weighted by Crippen LogP contribution is 1.97. The van der Waals surface area contributed by atoms with E-state index in [1.165, 1.54) is 32.4 Å². The highest BCUT2D eigenvalue weighted by molar-refractivity contribution is 5.32. The van der Waals surface area contributed by atoms with Crippen LogP contribution in [0.5, 0.6) is 0 Å². The quantitative estimate of drug-likeness (QED) is 0.665. The lowest BCUT2D eigenvalue weighted by atomic mass is 10.2. The van der Waals surface area contributed by atoms with Crippen molar-refractivity contribution in [2.24, 2.45) is 0 Å². The van der Waals surface area contributed by atoms with Crippen molar-refractivity contribution in [2.75, 3.05) is 27.3 Å². The Hall–Kier alpha value is -1.37. The fourth-order valence-electron chi connectivity index (χ4n) is 1.15. The summed E-state index contributed by atoms with van der Waals surface area (Å²) in [4.78, 5) is 4.18. The van der Waals surface area contributed by atoms with Crippen molar-refractivity contribution in [1.29, 1.82) is 0 Å². The number of hydrogen-bond donors (Lipinski definition) is 1. The van der Waals surface area contributed by atoms with Crippen molar-refractivity contribution in [3.05, 3.63) is 29.6 Å². The average molecular weight is 276 g/mol. The number of rotatable bonds is 2. The third kappa shape index (κ3) is 11.7. The van der Waals surface area contributed by atoms with E-state index in [1.54, 1.807) is 14.2 Å². The van der Waals surface area contributed by atoms with Crippen LogP contribution in [-0.2, 0) is 4.74 Å². The molecule has 2 rings (SSSR count). The van der Waals surface area contributed by atoms with Crippen molar-refractivity contribution >= 4 is 0 Å². The Morgan fingerprint density at radius 2 is 1.90 bits per heavy atom. The fourth-order valence-corrected chi connectivity index (χ4v) is 1.15. The summed E-state index contributed by atoms with van der Waals surface area (Å²) in [5.41, 5.74) is 2.06. The molecular formula is C17H28N2O. The fraction of sp³-hybridized carbons (Fsp3) is 0.588. The number of pyridine rings is 1. The van der Waals surface area contributed by atoms with Crippen LogP contribution in [0, 0.1) is 18.8 Å². The van der Waals surface area contributed by atoms with Gasteiger partial charge in [0, 0.05) is 38.1 Å². The van der Waals surface area contributed by atoms with E-state index in [4.69, 9.17) is 0 Å². The van der Waals surface area contributed by atoms with Gasteiger partial charge >= 0.3 is 0 Å². The van der Waals surface area contributed by atoms with Gasteiger partial charge in [-0.25, -0.2) is 0 Å². The van der Waals surface area contributed by atoms with Crippen molar-refractivity contribution in [3.8, 4) is 11.8 Å². The number of nitrogens with one attached hydrogen (secondary N) is 1. The van der Waals surface area contributed by atoms with Crippen LogP contribution in [-0.4, -0.2) is 32.3 Å². The third-order valence-electron chi connectivity index (χ3n) is 2.51. The summed E-state index contributed by atoms with van der Waals surface area (Å²) in [6.45, 7) is 6.66. The molecule has 1 aliphatic rings. The molecule has 0 aliphatic carbocycles. The Morgan fingerprint density at radius 3 is 2.30 bits per heavy atom. The second-order valence-electron chi connectivity index (χ2n) is 4.61. The Labute approximate surface area is 124 Å². The van der Waals surface area contributed by atoms with E-state index < -0.39 is 0 Å². The highest BCUT2D eigenvalue weighted by Gasteiger charge is 1.92. The van der Waals surface area contributed by atoms with E-state index in [0.29, 0.717) is 0 Å². The molecule has 112 valence electrons. The lowest BCUT2D eigenvalue weighted by Gasteiger charge is -2.09. The number of unbranched alkanes of at least 4 members (excludes halogenated alkanes) is 2. The van der Waals surface area contributed by atoms with Crippen LogP contribution >= 0.6 is 0 Å². The predicted molar refractivity (Wildman–Crippen MR) is 85.8 cm³/mol. The zero-order valence-electron chi connectivity index (χ0n) is 13.3. The summed E-state index contributed by atoms with van der Waals surface area (Å²) in [6, 6.07) is 4.01. The number of ether oxygens (including phenoxy) is 1. The number of aryl methyl sites for hydroxylation is 1. The average Bonchev–Trinajstić information content (AvgIpc) is 2.36. The van der Waals surface area contributed by atoms with Crippen molar-refractivity contribution in [3.63, 3.8) is 0 Å². The van der Waals surface area contributed by atoms with Gasteiger partial charge in [0.2, 0.25) is 0 Å². The monoisotopic (exact) mass is 276 g/mol. The SMILES string of the molecule is C1CNC1.CCCCC#Cc1ccc(C)nc1.COC. The molecule has 0 bridgehead atoms. The molecule has 1 aromatic heterocycles. The van der Waals surface area contributed by atoms with Gasteiger partial charge in [0.15, 0.2) is 0 Å². The Balaban J connectivity index is 0.000000423. The maximum absolute atomic E-state index is 4.25. The van der Waals surface area contributed by atoms with E-state index in [-0.39, 0.29) is 0 Å². The van der Waals surface area contributed by atoms with Crippen molar-refractivity contribution in [2.45, 2.75) is 39.5 Å². The van der Waals surface area contributed by atoms with E-state index >= 15 is 0 Å². The van der Waals surface area contributed by atoms with E-state index in [1.807, 2.05) is 25.3 Å². The van der Waals surface area contributed by atoms with E-state index in [0.717, 1.165) is 17.7 Å². The molecule has 20 heavy (non-hydrogen) atoms. The molecule has 1 N–H and O–H groups in total. The van der Waals surface area contributed by atoms with Crippen molar-refractivity contribution in [1.82, 2.24) is 10.3 Å². The minimum Gasteiger partial charge on any atom is -0.388 e. The maximum Gasteiger partial charge on any atom is 0.0428 e. The van der Waals surface area contributed by atoms with Gasteiger partial charge in [0.25, 0.3) is 0 Å². The molecule has 0 atom stereocenters. The summed E-state index contributed by atoms with van der Waals surface area (Å²) in [5.74, 6) is 6.23. The maximum atomic E-state index is 4.25. The second kappa shape index (κ2) is 14.0. The topological polar surface area (TPSA) is 34.2 Å². The third-order valence-corrected chi connectivity index (χ3v) is 2.51. The summed E-state index contributed by atoms with van der Waals surface area (Å²) in [7, 11) is 3.25. The van der Waals surface area contributed by atoms with Crippen LogP contribution in [0.25, 0.3) is 0 Å². The molecule has 0 aromatic carbocycles. The standard InChI is InChI=1S/C12H15N.C3H7N.C2H6O/c1-3-4-5-6-7-12-9-8-11(2)13-10-12;1-2-4-3-1;1-3-2/h8-10H,3-5H2,1-2H3;4H,1-3H2;1-2H3. The van der Waals surface area contributed by atoms with E-state index in [9.17, 15) is 0 Å². The molecule has 0 saturated carbocycles. The second-order valence-corrected chi connectivity index (χ2v) is 4.61. The van der Waals surface area contributed by atoms with Gasteiger partial charge in [0.1, 0.15) is 0 Å². The first kappa shape index (κ1) is 18.6. The number of hydrogen-bond acceptors (Lipinski definition) is 3. The molecule has 1 aromatic rings. The molecule has 0 amide bonds. The largest absolute Gasteiger partial charge is 0.388 e. The first-order valence-corrected chi connectivity index (χ1v) is 7.27. The first-order valence-electron chi connectivity index (χ1n) is 7.27. The Bertz CT molecular complexity index is 368. The molecule has 1 saturated heterocycles. The van der Waals surface area contributed by atoms with Crippen LogP contribution < -0.4 is 5.32 Å². The highest BCUT2D eigenvalue weighted by atomic mass is 16.4. The number of aromatic nitrogens is 1. The molecule has 1 fully saturated rings. The van der Waals surface area contributed by atoms with Crippen LogP contribution in [0.4, 0.5) is 0 Å². The predicted octanol–water partition coefficient (Wildman–Crippen LogP) is 3.17. The van der Waals surface area contributed by atoms with Gasteiger partial charge in [-0.15, -0.1) is 0 Å². The van der Waals surface area contributed by atoms with Gasteiger partial charge in [-0.1, -0.05) is 25.2 Å². The minimum absolute atomic E-state index is 0.990. The summed E-state index contributed by atoms with van der Waals surface area (Å²) in [6.07, 6.45) is 6.60. The van der Waals surface area contributed by atoms with Crippen LogP contribution in [0.3, 0.4) is 0 Å². The first-order chi connectivity index (χ1) is 9.74. The summed E-state index contributed by atoms with van der Waals surface area (Å²) >= 11 is 0. The van der Waals surface area contributed by atoms with Crippen LogP contribution in [0.2, 0.25) is 0 Å². The van der Waals surface area contributed by atoms with Crippen LogP contribution in [0.1, 0.15) is 43.9 Å². The van der Waals surface area contributed by atoms with Crippen LogP contribution in [0.15, 0.2) is 18.3 Å². The molecule has 2 heterocycles. The van der Waals surface area contributed by atoms with Gasteiger partial charge < -0.3 is 10.1 Å². The minimum atomic E-state index is 0.990. The lowest BCUT2D eigenvalue weighted by molar-refractivity contribution is 0.277. The Morgan fingerprint density at radius 1 is 1.30 bits per heavy atom.